The average molecular weight is 402 g/mol. The lowest BCUT2D eigenvalue weighted by Crippen LogP contribution is -2.31. The first kappa shape index (κ1) is 19.9. The number of amides is 2. The second-order valence-electron chi connectivity index (χ2n) is 7.74. The summed E-state index contributed by atoms with van der Waals surface area (Å²) in [6.07, 6.45) is 3.11. The van der Waals surface area contributed by atoms with Crippen LogP contribution in [0, 0.1) is 6.92 Å². The van der Waals surface area contributed by atoms with Gasteiger partial charge in [-0.3, -0.25) is 14.5 Å². The molecular formula is C24H26N4O2. The van der Waals surface area contributed by atoms with Gasteiger partial charge in [0.05, 0.1) is 6.42 Å². The van der Waals surface area contributed by atoms with Gasteiger partial charge in [0.2, 0.25) is 5.91 Å². The number of benzene rings is 2. The zero-order chi connectivity index (χ0) is 21.1. The normalized spacial score (nSPS) is 12.9. The summed E-state index contributed by atoms with van der Waals surface area (Å²) in [6, 6.07) is 17.3. The van der Waals surface area contributed by atoms with Gasteiger partial charge in [-0.2, -0.15) is 0 Å². The lowest BCUT2D eigenvalue weighted by Gasteiger charge is -2.19. The molecule has 6 nitrogen and oxygen atoms in total. The molecule has 0 saturated heterocycles. The largest absolute Gasteiger partial charge is 0.322 e. The molecule has 2 aromatic carbocycles. The molecule has 6 heteroatoms. The van der Waals surface area contributed by atoms with Crippen molar-refractivity contribution in [1.82, 2.24) is 9.55 Å². The van der Waals surface area contributed by atoms with Crippen molar-refractivity contribution < 1.29 is 9.59 Å². The summed E-state index contributed by atoms with van der Waals surface area (Å²) in [5.74, 6) is 0.956. The van der Waals surface area contributed by atoms with Crippen molar-refractivity contribution in [3.63, 3.8) is 0 Å². The Kier molecular flexibility index (Phi) is 5.65. The second kappa shape index (κ2) is 8.53. The molecule has 1 aliphatic rings. The molecule has 2 amide bonds. The quantitative estimate of drug-likeness (QED) is 0.702. The highest BCUT2D eigenvalue weighted by atomic mass is 16.2. The fourth-order valence-electron chi connectivity index (χ4n) is 3.76. The number of hydrogen-bond donors (Lipinski definition) is 1. The average Bonchev–Trinajstić information content (AvgIpc) is 3.15. The van der Waals surface area contributed by atoms with E-state index in [0.717, 1.165) is 48.4 Å². The van der Waals surface area contributed by atoms with Crippen LogP contribution in [0.15, 0.2) is 54.6 Å². The van der Waals surface area contributed by atoms with Crippen LogP contribution in [-0.4, -0.2) is 28.4 Å². The second-order valence-corrected chi connectivity index (χ2v) is 7.74. The fourth-order valence-corrected chi connectivity index (χ4v) is 3.76. The van der Waals surface area contributed by atoms with Gasteiger partial charge in [0.15, 0.2) is 11.5 Å². The van der Waals surface area contributed by atoms with Gasteiger partial charge in [-0.05, 0) is 37.5 Å². The van der Waals surface area contributed by atoms with Crippen molar-refractivity contribution in [2.24, 2.45) is 0 Å². The van der Waals surface area contributed by atoms with Crippen LogP contribution >= 0.6 is 0 Å². The van der Waals surface area contributed by atoms with E-state index >= 15 is 0 Å². The maximum atomic E-state index is 13.2. The van der Waals surface area contributed by atoms with E-state index < -0.39 is 0 Å². The van der Waals surface area contributed by atoms with E-state index in [2.05, 4.69) is 5.32 Å². The zero-order valence-electron chi connectivity index (χ0n) is 17.4. The third-order valence-electron chi connectivity index (χ3n) is 5.47. The third kappa shape index (κ3) is 4.13. The van der Waals surface area contributed by atoms with Crippen molar-refractivity contribution in [1.29, 1.82) is 0 Å². The number of likely N-dealkylation sites (N-methyl/N-ethyl adjacent to an activating group) is 1. The number of anilines is 2. The van der Waals surface area contributed by atoms with Gasteiger partial charge in [-0.1, -0.05) is 48.0 Å². The molecule has 0 saturated carbocycles. The first-order valence-corrected chi connectivity index (χ1v) is 10.3. The summed E-state index contributed by atoms with van der Waals surface area (Å²) in [7, 11) is 1.70. The van der Waals surface area contributed by atoms with Crippen LogP contribution in [0.4, 0.5) is 11.5 Å². The summed E-state index contributed by atoms with van der Waals surface area (Å²) in [5.41, 5.74) is 3.24. The molecule has 0 aliphatic carbocycles. The lowest BCUT2D eigenvalue weighted by molar-refractivity contribution is -0.117. The van der Waals surface area contributed by atoms with Crippen molar-refractivity contribution in [3.05, 3.63) is 77.2 Å². The van der Waals surface area contributed by atoms with Gasteiger partial charge in [-0.15, -0.1) is 0 Å². The van der Waals surface area contributed by atoms with E-state index in [0.29, 0.717) is 11.5 Å². The molecule has 0 fully saturated rings. The van der Waals surface area contributed by atoms with E-state index in [-0.39, 0.29) is 18.2 Å². The third-order valence-corrected chi connectivity index (χ3v) is 5.47. The standard InChI is InChI=1S/C24H26N4O2/c1-17-11-13-19(14-12-17)25-24(30)22-23(26-20-10-6-7-15-28(20)22)27(2)21(29)16-18-8-4-3-5-9-18/h3-5,8-9,11-14H,6-7,10,15-16H2,1-2H3,(H,25,30). The monoisotopic (exact) mass is 402 g/mol. The van der Waals surface area contributed by atoms with Gasteiger partial charge in [-0.25, -0.2) is 4.98 Å². The number of carbonyl (C=O) groups excluding carboxylic acids is 2. The van der Waals surface area contributed by atoms with Crippen LogP contribution < -0.4 is 10.2 Å². The summed E-state index contributed by atoms with van der Waals surface area (Å²) >= 11 is 0. The number of carbonyl (C=O) groups is 2. The van der Waals surface area contributed by atoms with Gasteiger partial charge in [0.1, 0.15) is 5.82 Å². The molecule has 0 radical (unpaired) electrons. The van der Waals surface area contributed by atoms with Crippen LogP contribution in [0.2, 0.25) is 0 Å². The number of hydrogen-bond acceptors (Lipinski definition) is 3. The Balaban J connectivity index is 1.64. The first-order chi connectivity index (χ1) is 14.5. The van der Waals surface area contributed by atoms with Gasteiger partial charge >= 0.3 is 0 Å². The molecule has 1 aromatic heterocycles. The minimum absolute atomic E-state index is 0.0963. The molecule has 0 spiro atoms. The van der Waals surface area contributed by atoms with Crippen LogP contribution in [0.1, 0.15) is 40.3 Å². The molecule has 0 atom stereocenters. The molecular weight excluding hydrogens is 376 g/mol. The predicted octanol–water partition coefficient (Wildman–Crippen LogP) is 3.99. The minimum atomic E-state index is -0.242. The van der Waals surface area contributed by atoms with E-state index in [1.165, 1.54) is 4.90 Å². The maximum Gasteiger partial charge on any atom is 0.276 e. The number of fused-ring (bicyclic) bond motifs is 1. The van der Waals surface area contributed by atoms with Crippen molar-refractivity contribution in [2.75, 3.05) is 17.3 Å². The predicted molar refractivity (Wildman–Crippen MR) is 118 cm³/mol. The van der Waals surface area contributed by atoms with Gasteiger partial charge in [0.25, 0.3) is 5.91 Å². The molecule has 2 heterocycles. The van der Waals surface area contributed by atoms with E-state index in [4.69, 9.17) is 4.98 Å². The topological polar surface area (TPSA) is 67.2 Å². The summed E-state index contributed by atoms with van der Waals surface area (Å²) in [6.45, 7) is 2.74. The Labute approximate surface area is 176 Å². The van der Waals surface area contributed by atoms with Crippen LogP contribution in [-0.2, 0) is 24.2 Å². The van der Waals surface area contributed by atoms with Crippen LogP contribution in [0.5, 0.6) is 0 Å². The van der Waals surface area contributed by atoms with Crippen molar-refractivity contribution in [2.45, 2.75) is 39.2 Å². The number of rotatable bonds is 5. The van der Waals surface area contributed by atoms with Crippen molar-refractivity contribution in [3.8, 4) is 0 Å². The Morgan fingerprint density at radius 2 is 1.80 bits per heavy atom. The summed E-state index contributed by atoms with van der Waals surface area (Å²) in [4.78, 5) is 32.4. The highest BCUT2D eigenvalue weighted by molar-refractivity contribution is 6.09. The molecule has 30 heavy (non-hydrogen) atoms. The zero-order valence-corrected chi connectivity index (χ0v) is 17.4. The van der Waals surface area contributed by atoms with E-state index in [1.54, 1.807) is 7.05 Å². The summed E-state index contributed by atoms with van der Waals surface area (Å²) < 4.78 is 1.97. The van der Waals surface area contributed by atoms with Gasteiger partial charge < -0.3 is 9.88 Å². The van der Waals surface area contributed by atoms with Crippen LogP contribution in [0.25, 0.3) is 0 Å². The highest BCUT2D eigenvalue weighted by Crippen LogP contribution is 2.27. The Morgan fingerprint density at radius 1 is 1.07 bits per heavy atom. The number of nitrogens with one attached hydrogen (secondary N) is 1. The van der Waals surface area contributed by atoms with Crippen LogP contribution in [0.3, 0.4) is 0 Å². The molecule has 0 unspecified atom stereocenters. The highest BCUT2D eigenvalue weighted by Gasteiger charge is 2.29. The SMILES string of the molecule is Cc1ccc(NC(=O)c2c(N(C)C(=O)Cc3ccccc3)nc3n2CCCC3)cc1. The Morgan fingerprint density at radius 3 is 2.53 bits per heavy atom. The molecule has 3 aromatic rings. The Bertz CT molecular complexity index is 1050. The van der Waals surface area contributed by atoms with E-state index in [9.17, 15) is 9.59 Å². The molecule has 4 rings (SSSR count). The molecule has 154 valence electrons. The lowest BCUT2D eigenvalue weighted by atomic mass is 10.1. The number of imidazole rings is 1. The van der Waals surface area contributed by atoms with Gasteiger partial charge in [0, 0.05) is 25.7 Å². The minimum Gasteiger partial charge on any atom is -0.322 e. The first-order valence-electron chi connectivity index (χ1n) is 10.3. The molecule has 0 bridgehead atoms. The Hall–Kier alpha value is -3.41. The fraction of sp³-hybridized carbons (Fsp3) is 0.292. The number of nitrogens with zero attached hydrogens (tertiary/aromatic N) is 3. The maximum absolute atomic E-state index is 13.2. The smallest absolute Gasteiger partial charge is 0.276 e. The van der Waals surface area contributed by atoms with Crippen molar-refractivity contribution >= 4 is 23.3 Å². The number of aryl methyl sites for hydroxylation is 2. The van der Waals surface area contributed by atoms with E-state index in [1.807, 2.05) is 66.1 Å². The molecule has 1 aliphatic heterocycles. The summed E-state index contributed by atoms with van der Waals surface area (Å²) in [5, 5.41) is 2.97. The molecule has 1 N–H and O–H groups in total. The number of aromatic nitrogens is 2.